The van der Waals surface area contributed by atoms with Crippen LogP contribution >= 0.6 is 0 Å². The third-order valence-electron chi connectivity index (χ3n) is 3.07. The van der Waals surface area contributed by atoms with Gasteiger partial charge in [0.05, 0.1) is 9.80 Å². The van der Waals surface area contributed by atoms with Crippen molar-refractivity contribution in [2.45, 2.75) is 24.8 Å². The van der Waals surface area contributed by atoms with Gasteiger partial charge in [0, 0.05) is 11.1 Å². The molecule has 0 radical (unpaired) electrons. The molecule has 0 amide bonds. The Morgan fingerprint density at radius 2 is 1.94 bits per heavy atom. The number of aliphatic carboxylic acids is 1. The van der Waals surface area contributed by atoms with E-state index in [0.717, 1.165) is 5.56 Å². The summed E-state index contributed by atoms with van der Waals surface area (Å²) in [5.74, 6) is -1.24. The number of fused-ring (bicyclic) bond motifs is 1. The van der Waals surface area contributed by atoms with Crippen LogP contribution in [-0.4, -0.2) is 25.5 Å². The first-order chi connectivity index (χ1) is 8.26. The Morgan fingerprint density at radius 3 is 2.50 bits per heavy atom. The Hall–Kier alpha value is -1.66. The number of hydrogen-bond acceptors (Lipinski definition) is 4. The molecule has 0 spiro atoms. The summed E-state index contributed by atoms with van der Waals surface area (Å²) < 4.78 is 24.3. The van der Waals surface area contributed by atoms with E-state index in [-0.39, 0.29) is 15.4 Å². The van der Waals surface area contributed by atoms with Gasteiger partial charge >= 0.3 is 5.97 Å². The molecule has 1 aliphatic rings. The van der Waals surface area contributed by atoms with Gasteiger partial charge < -0.3 is 10.8 Å². The van der Waals surface area contributed by atoms with Crippen LogP contribution in [0.5, 0.6) is 0 Å². The second kappa shape index (κ2) is 3.93. The van der Waals surface area contributed by atoms with Crippen molar-refractivity contribution in [1.82, 2.24) is 0 Å². The molecule has 96 valence electrons. The lowest BCUT2D eigenvalue weighted by atomic mass is 9.97. The number of sulfone groups is 1. The van der Waals surface area contributed by atoms with Crippen molar-refractivity contribution in [3.63, 3.8) is 0 Å². The molecule has 1 unspecified atom stereocenters. The third-order valence-corrected chi connectivity index (χ3v) is 5.04. The van der Waals surface area contributed by atoms with Crippen LogP contribution in [0.2, 0.25) is 0 Å². The van der Waals surface area contributed by atoms with Gasteiger partial charge in [0.2, 0.25) is 9.84 Å². The summed E-state index contributed by atoms with van der Waals surface area (Å²) in [6.45, 7) is 3.20. The summed E-state index contributed by atoms with van der Waals surface area (Å²) in [6, 6.07) is 3.49. The molecule has 0 fully saturated rings. The maximum Gasteiger partial charge on any atom is 0.325 e. The lowest BCUT2D eigenvalue weighted by Gasteiger charge is -2.10. The number of hydrogen-bond donors (Lipinski definition) is 2. The van der Waals surface area contributed by atoms with E-state index in [1.54, 1.807) is 12.1 Å². The standard InChI is InChI=1S/C12H13NO4S/c1-6-3-4-9-8(5-6)10(11(13)12(14)15)7(2)18(9,16)17/h3-5,11H,13H2,1-2H3,(H,14,15). The third kappa shape index (κ3) is 1.65. The number of carbonyl (C=O) groups is 1. The van der Waals surface area contributed by atoms with E-state index in [9.17, 15) is 13.2 Å². The largest absolute Gasteiger partial charge is 0.480 e. The molecular formula is C12H13NO4S. The van der Waals surface area contributed by atoms with Crippen molar-refractivity contribution < 1.29 is 18.3 Å². The number of aryl methyl sites for hydroxylation is 1. The van der Waals surface area contributed by atoms with Crippen LogP contribution < -0.4 is 5.73 Å². The predicted octanol–water partition coefficient (Wildman–Crippen LogP) is 0.925. The first-order valence-corrected chi connectivity index (χ1v) is 6.80. The molecule has 0 saturated heterocycles. The van der Waals surface area contributed by atoms with Crippen LogP contribution in [0, 0.1) is 6.92 Å². The molecule has 18 heavy (non-hydrogen) atoms. The molecule has 0 saturated carbocycles. The minimum absolute atomic E-state index is 0.0259. The number of rotatable bonds is 2. The molecule has 0 aliphatic carbocycles. The average molecular weight is 267 g/mol. The van der Waals surface area contributed by atoms with E-state index in [0.29, 0.717) is 5.56 Å². The second-order valence-corrected chi connectivity index (χ2v) is 6.35. The zero-order valence-corrected chi connectivity index (χ0v) is 10.8. The Labute approximate surface area is 105 Å². The first-order valence-electron chi connectivity index (χ1n) is 5.32. The van der Waals surface area contributed by atoms with Crippen molar-refractivity contribution >= 4 is 21.4 Å². The summed E-state index contributed by atoms with van der Waals surface area (Å²) in [6.07, 6.45) is 0. The van der Waals surface area contributed by atoms with E-state index >= 15 is 0 Å². The molecule has 0 bridgehead atoms. The number of carboxylic acid groups (broad SMARTS) is 1. The van der Waals surface area contributed by atoms with E-state index in [1.807, 2.05) is 6.92 Å². The van der Waals surface area contributed by atoms with Crippen molar-refractivity contribution in [1.29, 1.82) is 0 Å². The lowest BCUT2D eigenvalue weighted by Crippen LogP contribution is -2.31. The molecule has 0 aromatic heterocycles. The highest BCUT2D eigenvalue weighted by Crippen LogP contribution is 2.40. The summed E-state index contributed by atoms with van der Waals surface area (Å²) in [4.78, 5) is 11.1. The topological polar surface area (TPSA) is 97.5 Å². The monoisotopic (exact) mass is 267 g/mol. The van der Waals surface area contributed by atoms with Gasteiger partial charge in [0.25, 0.3) is 0 Å². The number of carboxylic acids is 1. The molecule has 1 aromatic carbocycles. The van der Waals surface area contributed by atoms with Crippen molar-refractivity contribution in [2.75, 3.05) is 0 Å². The van der Waals surface area contributed by atoms with Gasteiger partial charge in [-0.15, -0.1) is 0 Å². The summed E-state index contributed by atoms with van der Waals surface area (Å²) >= 11 is 0. The fraction of sp³-hybridized carbons (Fsp3) is 0.250. The van der Waals surface area contributed by atoms with E-state index in [1.165, 1.54) is 13.0 Å². The van der Waals surface area contributed by atoms with Crippen molar-refractivity contribution in [3.05, 3.63) is 34.2 Å². The molecule has 6 heteroatoms. The van der Waals surface area contributed by atoms with Crippen LogP contribution in [-0.2, 0) is 14.6 Å². The maximum atomic E-state index is 12.1. The smallest absolute Gasteiger partial charge is 0.325 e. The zero-order valence-electron chi connectivity index (χ0n) is 9.97. The zero-order chi connectivity index (χ0) is 13.7. The Kier molecular flexibility index (Phi) is 2.79. The van der Waals surface area contributed by atoms with Gasteiger partial charge in [-0.1, -0.05) is 17.7 Å². The van der Waals surface area contributed by atoms with Crippen molar-refractivity contribution in [3.8, 4) is 0 Å². The lowest BCUT2D eigenvalue weighted by molar-refractivity contribution is -0.137. The Balaban J connectivity index is 2.79. The molecule has 3 N–H and O–H groups in total. The highest BCUT2D eigenvalue weighted by Gasteiger charge is 2.37. The van der Waals surface area contributed by atoms with Crippen LogP contribution in [0.25, 0.3) is 5.57 Å². The van der Waals surface area contributed by atoms with Gasteiger partial charge in [0.15, 0.2) is 0 Å². The van der Waals surface area contributed by atoms with Crippen molar-refractivity contribution in [2.24, 2.45) is 5.73 Å². The average Bonchev–Trinajstić information content (AvgIpc) is 2.46. The quantitative estimate of drug-likeness (QED) is 0.830. The van der Waals surface area contributed by atoms with Crippen LogP contribution in [0.15, 0.2) is 28.0 Å². The Bertz CT molecular complexity index is 673. The Morgan fingerprint density at radius 1 is 1.33 bits per heavy atom. The molecule has 1 heterocycles. The first kappa shape index (κ1) is 12.8. The number of benzene rings is 1. The van der Waals surface area contributed by atoms with E-state index < -0.39 is 21.8 Å². The predicted molar refractivity (Wildman–Crippen MR) is 66.6 cm³/mol. The molecule has 5 nitrogen and oxygen atoms in total. The molecule has 2 rings (SSSR count). The van der Waals surface area contributed by atoms with Crippen LogP contribution in [0.4, 0.5) is 0 Å². The minimum Gasteiger partial charge on any atom is -0.480 e. The van der Waals surface area contributed by atoms with Gasteiger partial charge in [-0.3, -0.25) is 4.79 Å². The highest BCUT2D eigenvalue weighted by atomic mass is 32.2. The normalized spacial score (nSPS) is 18.6. The van der Waals surface area contributed by atoms with E-state index in [2.05, 4.69) is 0 Å². The van der Waals surface area contributed by atoms with Gasteiger partial charge in [0.1, 0.15) is 6.04 Å². The minimum atomic E-state index is -3.59. The molecule has 1 aromatic rings. The molecular weight excluding hydrogens is 254 g/mol. The van der Waals surface area contributed by atoms with Gasteiger partial charge in [-0.2, -0.15) is 0 Å². The molecule has 1 atom stereocenters. The fourth-order valence-corrected chi connectivity index (χ4v) is 3.66. The number of allylic oxidation sites excluding steroid dienone is 1. The number of nitrogens with two attached hydrogens (primary N) is 1. The summed E-state index contributed by atoms with van der Waals surface area (Å²) in [5.41, 5.74) is 7.02. The van der Waals surface area contributed by atoms with Crippen LogP contribution in [0.3, 0.4) is 0 Å². The fourth-order valence-electron chi connectivity index (χ4n) is 2.10. The summed E-state index contributed by atoms with van der Waals surface area (Å²) in [7, 11) is -3.59. The molecule has 1 aliphatic heterocycles. The van der Waals surface area contributed by atoms with Gasteiger partial charge in [-0.05, 0) is 19.9 Å². The SMILES string of the molecule is CC1=C(C(N)C(=O)O)c2cc(C)ccc2S1(=O)=O. The highest BCUT2D eigenvalue weighted by molar-refractivity contribution is 7.95. The summed E-state index contributed by atoms with van der Waals surface area (Å²) in [5, 5.41) is 8.97. The van der Waals surface area contributed by atoms with Crippen LogP contribution in [0.1, 0.15) is 18.1 Å². The van der Waals surface area contributed by atoms with Gasteiger partial charge in [-0.25, -0.2) is 8.42 Å². The maximum absolute atomic E-state index is 12.1. The second-order valence-electron chi connectivity index (χ2n) is 4.29. The van der Waals surface area contributed by atoms with E-state index in [4.69, 9.17) is 10.8 Å².